The Morgan fingerprint density at radius 1 is 1.14 bits per heavy atom. The maximum absolute atomic E-state index is 3.52. The Labute approximate surface area is 69.2 Å². The van der Waals surface area contributed by atoms with Gasteiger partial charge in [0.05, 0.1) is 0 Å². The molecular formula is C5H12NNa-2. The first-order valence-corrected chi connectivity index (χ1v) is 1.71. The third kappa shape index (κ3) is 19.5. The van der Waals surface area contributed by atoms with Crippen molar-refractivity contribution < 1.29 is 29.6 Å². The van der Waals surface area contributed by atoms with Crippen molar-refractivity contribution in [2.45, 2.75) is 0 Å². The molecule has 0 amide bonds. The molecule has 0 saturated heterocycles. The van der Waals surface area contributed by atoms with Crippen LogP contribution in [0.3, 0.4) is 0 Å². The van der Waals surface area contributed by atoms with Crippen LogP contribution in [0.5, 0.6) is 0 Å². The molecule has 0 spiro atoms. The van der Waals surface area contributed by atoms with Gasteiger partial charge < -0.3 is 26.6 Å². The number of hydrogen-bond acceptors (Lipinski definition) is 1. The summed E-state index contributed by atoms with van der Waals surface area (Å²) in [4.78, 5) is 0. The topological polar surface area (TPSA) is 12.0 Å². The van der Waals surface area contributed by atoms with E-state index in [2.05, 4.69) is 19.2 Å². The first-order chi connectivity index (χ1) is 2.41. The van der Waals surface area contributed by atoms with E-state index in [0.29, 0.717) is 0 Å². The summed E-state index contributed by atoms with van der Waals surface area (Å²) in [5.41, 5.74) is 0. The molecule has 7 heavy (non-hydrogen) atoms. The van der Waals surface area contributed by atoms with Gasteiger partial charge in [-0.15, -0.1) is 13.1 Å². The van der Waals surface area contributed by atoms with Crippen LogP contribution < -0.4 is 34.9 Å². The van der Waals surface area contributed by atoms with E-state index in [9.17, 15) is 0 Å². The summed E-state index contributed by atoms with van der Waals surface area (Å²) in [5, 5.41) is 2.89. The average molecular weight is 109 g/mol. The molecule has 0 fully saturated rings. The van der Waals surface area contributed by atoms with Crippen molar-refractivity contribution >= 4 is 0 Å². The summed E-state index contributed by atoms with van der Waals surface area (Å²) >= 11 is 0. The van der Waals surface area contributed by atoms with Crippen molar-refractivity contribution in [1.82, 2.24) is 5.32 Å². The quantitative estimate of drug-likeness (QED) is 0.310. The first kappa shape index (κ1) is 15.7. The minimum absolute atomic E-state index is 0. The molecule has 0 rings (SSSR count). The summed E-state index contributed by atoms with van der Waals surface area (Å²) in [6.07, 6.45) is 0. The minimum Gasteiger partial charge on any atom is -0.376 e. The fraction of sp³-hybridized carbons (Fsp3) is 0.400. The zero-order chi connectivity index (χ0) is 4.12. The molecule has 0 aliphatic carbocycles. The fourth-order valence-corrected chi connectivity index (χ4v) is 0.125. The van der Waals surface area contributed by atoms with Crippen LogP contribution in [0, 0.1) is 21.3 Å². The Morgan fingerprint density at radius 3 is 1.43 bits per heavy atom. The van der Waals surface area contributed by atoms with Crippen molar-refractivity contribution in [1.29, 1.82) is 0 Å². The molecule has 0 radical (unpaired) electrons. The van der Waals surface area contributed by atoms with Gasteiger partial charge in [-0.3, -0.25) is 0 Å². The van der Waals surface area contributed by atoms with Crippen LogP contribution >= 0.6 is 0 Å². The molecule has 1 nitrogen and oxygen atoms in total. The smallest absolute Gasteiger partial charge is 0.376 e. The molecule has 0 aliphatic heterocycles. The number of rotatable bonds is 2. The van der Waals surface area contributed by atoms with E-state index in [4.69, 9.17) is 0 Å². The standard InChI is InChI=1S/C4H9N.CH3.Na/c1-3-5-4-2;;/h5H,1-4H2;1H3;/q-2;-1;+1. The summed E-state index contributed by atoms with van der Waals surface area (Å²) in [5.74, 6) is 0. The van der Waals surface area contributed by atoms with Crippen molar-refractivity contribution in [3.8, 4) is 0 Å². The average Bonchev–Trinajstić information content (AvgIpc) is 1.41. The normalized spacial score (nSPS) is 6.00. The molecule has 2 heteroatoms. The second-order valence-electron chi connectivity index (χ2n) is 0.750. The minimum atomic E-state index is 0. The van der Waals surface area contributed by atoms with Crippen LogP contribution in [-0.4, -0.2) is 13.1 Å². The van der Waals surface area contributed by atoms with E-state index in [0.717, 1.165) is 13.1 Å². The van der Waals surface area contributed by atoms with Gasteiger partial charge in [0, 0.05) is 0 Å². The van der Waals surface area contributed by atoms with Crippen LogP contribution in [0.15, 0.2) is 0 Å². The summed E-state index contributed by atoms with van der Waals surface area (Å²) < 4.78 is 0. The van der Waals surface area contributed by atoms with Crippen molar-refractivity contribution in [3.05, 3.63) is 21.3 Å². The van der Waals surface area contributed by atoms with Gasteiger partial charge in [-0.2, -0.15) is 0 Å². The van der Waals surface area contributed by atoms with Crippen LogP contribution in [0.25, 0.3) is 0 Å². The maximum Gasteiger partial charge on any atom is 1.00 e. The maximum atomic E-state index is 3.52. The monoisotopic (exact) mass is 109 g/mol. The molecule has 0 saturated carbocycles. The Morgan fingerprint density at radius 2 is 1.43 bits per heavy atom. The third-order valence-electron chi connectivity index (χ3n) is 0.354. The number of hydrogen-bond donors (Lipinski definition) is 1. The van der Waals surface area contributed by atoms with Crippen LogP contribution in [-0.2, 0) is 0 Å². The van der Waals surface area contributed by atoms with Crippen LogP contribution in [0.1, 0.15) is 0 Å². The fourth-order valence-electron chi connectivity index (χ4n) is 0.125. The number of nitrogens with one attached hydrogen (secondary N) is 1. The molecule has 0 atom stereocenters. The first-order valence-electron chi connectivity index (χ1n) is 1.71. The predicted octanol–water partition coefficient (Wildman–Crippen LogP) is -2.30. The predicted molar refractivity (Wildman–Crippen MR) is 30.0 cm³/mol. The Balaban J connectivity index is -0.0000000800. The SMILES string of the molecule is [CH2-]CNC[CH2-].[CH3-].[Na+]. The molecule has 1 N–H and O–H groups in total. The molecule has 0 aromatic rings. The van der Waals surface area contributed by atoms with E-state index in [-0.39, 0.29) is 37.0 Å². The second-order valence-corrected chi connectivity index (χ2v) is 0.750. The van der Waals surface area contributed by atoms with E-state index >= 15 is 0 Å². The van der Waals surface area contributed by atoms with Gasteiger partial charge in [0.15, 0.2) is 0 Å². The molecule has 0 bridgehead atoms. The van der Waals surface area contributed by atoms with E-state index in [1.807, 2.05) is 0 Å². The second kappa shape index (κ2) is 15.8. The molecule has 0 aromatic carbocycles. The van der Waals surface area contributed by atoms with Gasteiger partial charge in [-0.05, 0) is 0 Å². The summed E-state index contributed by atoms with van der Waals surface area (Å²) in [6.45, 7) is 8.61. The summed E-state index contributed by atoms with van der Waals surface area (Å²) in [6, 6.07) is 0. The van der Waals surface area contributed by atoms with Crippen molar-refractivity contribution in [2.24, 2.45) is 0 Å². The Kier molecular flexibility index (Phi) is 35.3. The van der Waals surface area contributed by atoms with E-state index in [1.165, 1.54) is 0 Å². The van der Waals surface area contributed by atoms with Gasteiger partial charge in [0.1, 0.15) is 0 Å². The van der Waals surface area contributed by atoms with Gasteiger partial charge in [0.2, 0.25) is 0 Å². The molecule has 0 unspecified atom stereocenters. The van der Waals surface area contributed by atoms with Crippen molar-refractivity contribution in [2.75, 3.05) is 13.1 Å². The van der Waals surface area contributed by atoms with Gasteiger partial charge in [-0.1, -0.05) is 0 Å². The molecule has 0 aliphatic rings. The van der Waals surface area contributed by atoms with Gasteiger partial charge >= 0.3 is 29.6 Å². The summed E-state index contributed by atoms with van der Waals surface area (Å²) in [7, 11) is 0. The zero-order valence-electron chi connectivity index (χ0n) is 5.33. The van der Waals surface area contributed by atoms with E-state index < -0.39 is 0 Å². The molecule has 0 aromatic heterocycles. The zero-order valence-corrected chi connectivity index (χ0v) is 7.33. The van der Waals surface area contributed by atoms with Crippen LogP contribution in [0.2, 0.25) is 0 Å². The van der Waals surface area contributed by atoms with Gasteiger partial charge in [0.25, 0.3) is 0 Å². The molecule has 40 valence electrons. The van der Waals surface area contributed by atoms with E-state index in [1.54, 1.807) is 0 Å². The van der Waals surface area contributed by atoms with Crippen molar-refractivity contribution in [3.63, 3.8) is 0 Å². The van der Waals surface area contributed by atoms with Crippen LogP contribution in [0.4, 0.5) is 0 Å². The third-order valence-corrected chi connectivity index (χ3v) is 0.354. The Hall–Kier alpha value is 0.960. The Bertz CT molecular complexity index is 15.6. The largest absolute Gasteiger partial charge is 1.00 e. The van der Waals surface area contributed by atoms with Gasteiger partial charge in [-0.25, -0.2) is 0 Å². The molecular weight excluding hydrogens is 97.1 g/mol. The molecule has 0 heterocycles.